The van der Waals surface area contributed by atoms with Crippen molar-refractivity contribution in [3.8, 4) is 5.75 Å². The summed E-state index contributed by atoms with van der Waals surface area (Å²) in [6.45, 7) is 4.85. The minimum atomic E-state index is -1.24. The number of hydrogen-bond donors (Lipinski definition) is 1. The van der Waals surface area contributed by atoms with E-state index in [2.05, 4.69) is 9.97 Å². The maximum atomic E-state index is 12.6. The summed E-state index contributed by atoms with van der Waals surface area (Å²) < 4.78 is 11.2. The minimum Gasteiger partial charge on any atom is -0.476 e. The molecule has 0 spiro atoms. The van der Waals surface area contributed by atoms with Crippen molar-refractivity contribution in [1.82, 2.24) is 9.97 Å². The lowest BCUT2D eigenvalue weighted by Gasteiger charge is -2.26. The van der Waals surface area contributed by atoms with E-state index in [4.69, 9.17) is 21.1 Å². The number of nitrogens with one attached hydrogen (secondary N) is 1. The second-order valence-electron chi connectivity index (χ2n) is 6.58. The van der Waals surface area contributed by atoms with Crippen molar-refractivity contribution >= 4 is 28.5 Å². The number of esters is 1. The molecule has 7 heteroatoms. The van der Waals surface area contributed by atoms with Gasteiger partial charge in [0.05, 0.1) is 10.9 Å². The predicted molar refractivity (Wildman–Crippen MR) is 103 cm³/mol. The predicted octanol–water partition coefficient (Wildman–Crippen LogP) is 4.04. The monoisotopic (exact) mass is 386 g/mol. The Kier molecular flexibility index (Phi) is 5.19. The standard InChI is InChI=1S/C20H19ClN2O4/c1-12(17-22-16-7-5-4-6-15(16)18(24)23-17)26-19(25)20(2,3)27-14-10-8-13(21)9-11-14/h4-12H,1-3H3,(H,22,23,24). The van der Waals surface area contributed by atoms with E-state index in [9.17, 15) is 9.59 Å². The Balaban J connectivity index is 1.76. The fourth-order valence-corrected chi connectivity index (χ4v) is 2.62. The number of rotatable bonds is 5. The molecule has 140 valence electrons. The second kappa shape index (κ2) is 7.40. The molecule has 1 unspecified atom stereocenters. The highest BCUT2D eigenvalue weighted by Crippen LogP contribution is 2.24. The van der Waals surface area contributed by atoms with Gasteiger partial charge in [-0.3, -0.25) is 4.79 Å². The first kappa shape index (κ1) is 18.9. The number of benzene rings is 2. The maximum Gasteiger partial charge on any atom is 0.350 e. The van der Waals surface area contributed by atoms with Crippen LogP contribution in [-0.2, 0) is 9.53 Å². The van der Waals surface area contributed by atoms with Crippen molar-refractivity contribution in [1.29, 1.82) is 0 Å². The zero-order valence-electron chi connectivity index (χ0n) is 15.2. The molecular formula is C20H19ClN2O4. The molecule has 0 saturated carbocycles. The molecule has 0 aliphatic rings. The molecule has 0 amide bonds. The van der Waals surface area contributed by atoms with Gasteiger partial charge in [-0.25, -0.2) is 9.78 Å². The second-order valence-corrected chi connectivity index (χ2v) is 7.02. The van der Waals surface area contributed by atoms with Crippen LogP contribution in [0.15, 0.2) is 53.3 Å². The molecule has 2 aromatic carbocycles. The van der Waals surface area contributed by atoms with Gasteiger partial charge in [-0.2, -0.15) is 0 Å². The number of para-hydroxylation sites is 1. The fourth-order valence-electron chi connectivity index (χ4n) is 2.49. The van der Waals surface area contributed by atoms with Crippen molar-refractivity contribution in [3.63, 3.8) is 0 Å². The van der Waals surface area contributed by atoms with Crippen LogP contribution in [-0.4, -0.2) is 21.5 Å². The van der Waals surface area contributed by atoms with E-state index >= 15 is 0 Å². The molecule has 0 fully saturated rings. The van der Waals surface area contributed by atoms with E-state index in [1.54, 1.807) is 69.3 Å². The quantitative estimate of drug-likeness (QED) is 0.669. The molecule has 0 saturated heterocycles. The Morgan fingerprint density at radius 1 is 1.15 bits per heavy atom. The molecule has 0 aliphatic heterocycles. The van der Waals surface area contributed by atoms with Crippen LogP contribution in [0.1, 0.15) is 32.7 Å². The molecule has 1 N–H and O–H groups in total. The molecule has 3 rings (SSSR count). The number of aromatic nitrogens is 2. The summed E-state index contributed by atoms with van der Waals surface area (Å²) in [4.78, 5) is 31.8. The maximum absolute atomic E-state index is 12.6. The fraction of sp³-hybridized carbons (Fsp3) is 0.250. The van der Waals surface area contributed by atoms with Crippen LogP contribution in [0.3, 0.4) is 0 Å². The van der Waals surface area contributed by atoms with E-state index < -0.39 is 17.7 Å². The molecular weight excluding hydrogens is 368 g/mol. The van der Waals surface area contributed by atoms with Gasteiger partial charge in [0.15, 0.2) is 17.5 Å². The molecule has 6 nitrogen and oxygen atoms in total. The van der Waals surface area contributed by atoms with Gasteiger partial charge in [0.1, 0.15) is 5.75 Å². The SMILES string of the molecule is CC(OC(=O)C(C)(C)Oc1ccc(Cl)cc1)c1nc2ccccc2c(=O)[nH]1. The zero-order valence-corrected chi connectivity index (χ0v) is 15.9. The van der Waals surface area contributed by atoms with Gasteiger partial charge >= 0.3 is 5.97 Å². The average Bonchev–Trinajstić information content (AvgIpc) is 2.63. The molecule has 0 radical (unpaired) electrons. The van der Waals surface area contributed by atoms with Crippen LogP contribution in [0.25, 0.3) is 10.9 Å². The Bertz CT molecular complexity index is 1030. The van der Waals surface area contributed by atoms with Crippen molar-refractivity contribution in [2.24, 2.45) is 0 Å². The van der Waals surface area contributed by atoms with Crippen molar-refractivity contribution < 1.29 is 14.3 Å². The third-order valence-corrected chi connectivity index (χ3v) is 4.23. The van der Waals surface area contributed by atoms with Crippen LogP contribution < -0.4 is 10.3 Å². The van der Waals surface area contributed by atoms with E-state index in [1.807, 2.05) is 0 Å². The molecule has 0 bridgehead atoms. The summed E-state index contributed by atoms with van der Waals surface area (Å²) in [6, 6.07) is 13.7. The van der Waals surface area contributed by atoms with Crippen LogP contribution in [0.2, 0.25) is 5.02 Å². The van der Waals surface area contributed by atoms with Crippen LogP contribution in [0, 0.1) is 0 Å². The number of carbonyl (C=O) groups excluding carboxylic acids is 1. The van der Waals surface area contributed by atoms with Crippen LogP contribution in [0.4, 0.5) is 0 Å². The van der Waals surface area contributed by atoms with E-state index in [-0.39, 0.29) is 11.4 Å². The van der Waals surface area contributed by atoms with Gasteiger partial charge in [-0.15, -0.1) is 0 Å². The number of ether oxygens (including phenoxy) is 2. The molecule has 27 heavy (non-hydrogen) atoms. The zero-order chi connectivity index (χ0) is 19.6. The Morgan fingerprint density at radius 3 is 2.52 bits per heavy atom. The normalized spacial score (nSPS) is 12.6. The van der Waals surface area contributed by atoms with Crippen molar-refractivity contribution in [3.05, 3.63) is 69.7 Å². The van der Waals surface area contributed by atoms with Crippen LogP contribution >= 0.6 is 11.6 Å². The number of hydrogen-bond acceptors (Lipinski definition) is 5. The third kappa shape index (κ3) is 4.28. The highest BCUT2D eigenvalue weighted by molar-refractivity contribution is 6.30. The number of H-pyrrole nitrogens is 1. The van der Waals surface area contributed by atoms with E-state index in [0.717, 1.165) is 0 Å². The lowest BCUT2D eigenvalue weighted by atomic mass is 10.1. The summed E-state index contributed by atoms with van der Waals surface area (Å²) in [7, 11) is 0. The number of fused-ring (bicyclic) bond motifs is 1. The average molecular weight is 387 g/mol. The number of halogens is 1. The summed E-state index contributed by atoms with van der Waals surface area (Å²) in [5.74, 6) is 0.182. The largest absolute Gasteiger partial charge is 0.476 e. The first-order valence-corrected chi connectivity index (χ1v) is 8.79. The highest BCUT2D eigenvalue weighted by Gasteiger charge is 2.33. The first-order chi connectivity index (χ1) is 12.8. The first-order valence-electron chi connectivity index (χ1n) is 8.41. The van der Waals surface area contributed by atoms with Gasteiger partial charge in [-0.05, 0) is 57.2 Å². The molecule has 0 aliphatic carbocycles. The summed E-state index contributed by atoms with van der Waals surface area (Å²) in [6.07, 6.45) is -0.747. The molecule has 1 aromatic heterocycles. The van der Waals surface area contributed by atoms with Crippen LogP contribution in [0.5, 0.6) is 5.75 Å². The summed E-state index contributed by atoms with van der Waals surface area (Å²) >= 11 is 5.85. The summed E-state index contributed by atoms with van der Waals surface area (Å²) in [5.41, 5.74) is -0.981. The Morgan fingerprint density at radius 2 is 1.81 bits per heavy atom. The van der Waals surface area contributed by atoms with E-state index in [0.29, 0.717) is 21.7 Å². The lowest BCUT2D eigenvalue weighted by molar-refractivity contribution is -0.164. The molecule has 1 heterocycles. The topological polar surface area (TPSA) is 81.3 Å². The molecule has 1 atom stereocenters. The third-order valence-electron chi connectivity index (χ3n) is 3.98. The Hall–Kier alpha value is -2.86. The lowest BCUT2D eigenvalue weighted by Crippen LogP contribution is -2.40. The van der Waals surface area contributed by atoms with Gasteiger partial charge in [0.2, 0.25) is 0 Å². The summed E-state index contributed by atoms with van der Waals surface area (Å²) in [5, 5.41) is 1.05. The number of nitrogens with zero attached hydrogens (tertiary/aromatic N) is 1. The minimum absolute atomic E-state index is 0.273. The van der Waals surface area contributed by atoms with Gasteiger partial charge in [0, 0.05) is 5.02 Å². The van der Waals surface area contributed by atoms with Crippen molar-refractivity contribution in [2.75, 3.05) is 0 Å². The number of aromatic amines is 1. The Labute approximate surface area is 161 Å². The highest BCUT2D eigenvalue weighted by atomic mass is 35.5. The van der Waals surface area contributed by atoms with Gasteiger partial charge < -0.3 is 14.5 Å². The van der Waals surface area contributed by atoms with Crippen molar-refractivity contribution in [2.45, 2.75) is 32.5 Å². The number of carbonyl (C=O) groups is 1. The van der Waals surface area contributed by atoms with Gasteiger partial charge in [0.25, 0.3) is 5.56 Å². The smallest absolute Gasteiger partial charge is 0.350 e. The van der Waals surface area contributed by atoms with E-state index in [1.165, 1.54) is 0 Å². The van der Waals surface area contributed by atoms with Gasteiger partial charge in [-0.1, -0.05) is 23.7 Å². The molecule has 3 aromatic rings.